The quantitative estimate of drug-likeness (QED) is 0.556. The number of nitrogens with one attached hydrogen (secondary N) is 1. The number of benzene rings is 1. The Kier molecular flexibility index (Phi) is 5.68. The molecule has 1 heterocycles. The van der Waals surface area contributed by atoms with E-state index in [1.807, 2.05) is 7.05 Å². The van der Waals surface area contributed by atoms with E-state index in [0.29, 0.717) is 6.04 Å². The van der Waals surface area contributed by atoms with Crippen LogP contribution >= 0.6 is 65.8 Å². The molecule has 0 fully saturated rings. The highest BCUT2D eigenvalue weighted by molar-refractivity contribution is 14.1. The van der Waals surface area contributed by atoms with Gasteiger partial charge in [0.1, 0.15) is 0 Å². The molecule has 1 aromatic heterocycles. The maximum atomic E-state index is 3.55. The first-order valence-corrected chi connectivity index (χ1v) is 8.99. The van der Waals surface area contributed by atoms with Crippen molar-refractivity contribution < 1.29 is 0 Å². The molecule has 0 aliphatic carbocycles. The maximum Gasteiger partial charge on any atom is 0.0377 e. The maximum absolute atomic E-state index is 3.55. The van der Waals surface area contributed by atoms with Crippen LogP contribution in [0, 0.1) is 3.57 Å². The van der Waals surface area contributed by atoms with Gasteiger partial charge in [0, 0.05) is 35.2 Å². The Labute approximate surface area is 142 Å². The average Bonchev–Trinajstić information content (AvgIpc) is 2.75. The third-order valence-corrected chi connectivity index (χ3v) is 5.90. The molecule has 0 radical (unpaired) electrons. The number of thiophene rings is 1. The lowest BCUT2D eigenvalue weighted by Gasteiger charge is -2.18. The fourth-order valence-corrected chi connectivity index (χ4v) is 4.40. The molecule has 2 rings (SSSR count). The van der Waals surface area contributed by atoms with Gasteiger partial charge in [0.25, 0.3) is 0 Å². The molecule has 5 heteroatoms. The molecule has 0 bridgehead atoms. The van der Waals surface area contributed by atoms with E-state index in [-0.39, 0.29) is 0 Å². The molecule has 1 nitrogen and oxygen atoms in total. The van der Waals surface area contributed by atoms with Gasteiger partial charge in [0.05, 0.1) is 0 Å². The Morgan fingerprint density at radius 1 is 1.28 bits per heavy atom. The largest absolute Gasteiger partial charge is 0.313 e. The van der Waals surface area contributed by atoms with Crippen LogP contribution in [0.15, 0.2) is 38.6 Å². The smallest absolute Gasteiger partial charge is 0.0377 e. The highest BCUT2D eigenvalue weighted by Gasteiger charge is 2.14. The summed E-state index contributed by atoms with van der Waals surface area (Å²) >= 11 is 11.2. The Bertz CT molecular complexity index is 542. The van der Waals surface area contributed by atoms with Gasteiger partial charge in [-0.25, -0.2) is 0 Å². The van der Waals surface area contributed by atoms with Crippen LogP contribution in [0.5, 0.6) is 0 Å². The summed E-state index contributed by atoms with van der Waals surface area (Å²) in [5.74, 6) is 0. The van der Waals surface area contributed by atoms with Crippen molar-refractivity contribution in [3.8, 4) is 0 Å². The van der Waals surface area contributed by atoms with E-state index in [9.17, 15) is 0 Å². The van der Waals surface area contributed by atoms with Gasteiger partial charge < -0.3 is 5.32 Å². The monoisotopic (exact) mass is 499 g/mol. The van der Waals surface area contributed by atoms with Gasteiger partial charge in [-0.2, -0.15) is 0 Å². The molecule has 1 unspecified atom stereocenters. The van der Waals surface area contributed by atoms with E-state index in [1.165, 1.54) is 18.5 Å². The van der Waals surface area contributed by atoms with Gasteiger partial charge in [-0.15, -0.1) is 11.3 Å². The van der Waals surface area contributed by atoms with Gasteiger partial charge in [-0.3, -0.25) is 0 Å². The van der Waals surface area contributed by atoms with Crippen LogP contribution < -0.4 is 5.32 Å². The zero-order valence-corrected chi connectivity index (χ0v) is 15.9. The van der Waals surface area contributed by atoms with Crippen molar-refractivity contribution in [2.75, 3.05) is 7.05 Å². The SMILES string of the molecule is CNC(Cc1cc(Br)cs1)c1cc(Br)ccc1I. The summed E-state index contributed by atoms with van der Waals surface area (Å²) in [7, 11) is 2.02. The third-order valence-electron chi connectivity index (χ3n) is 2.71. The van der Waals surface area contributed by atoms with Gasteiger partial charge in [0.2, 0.25) is 0 Å². The molecule has 0 saturated heterocycles. The predicted molar refractivity (Wildman–Crippen MR) is 94.4 cm³/mol. The van der Waals surface area contributed by atoms with Crippen LogP contribution in [0.2, 0.25) is 0 Å². The number of hydrogen-bond acceptors (Lipinski definition) is 2. The normalized spacial score (nSPS) is 12.7. The average molecular weight is 501 g/mol. The summed E-state index contributed by atoms with van der Waals surface area (Å²) in [6, 6.07) is 8.97. The number of likely N-dealkylation sites (N-methyl/N-ethyl adjacent to an activating group) is 1. The van der Waals surface area contributed by atoms with E-state index in [0.717, 1.165) is 10.9 Å². The van der Waals surface area contributed by atoms with Crippen molar-refractivity contribution in [1.82, 2.24) is 5.32 Å². The molecule has 0 aliphatic rings. The Morgan fingerprint density at radius 3 is 2.67 bits per heavy atom. The van der Waals surface area contributed by atoms with Crippen LogP contribution in [0.4, 0.5) is 0 Å². The number of hydrogen-bond donors (Lipinski definition) is 1. The molecule has 1 N–H and O–H groups in total. The predicted octanol–water partition coefficient (Wildman–Crippen LogP) is 5.38. The third kappa shape index (κ3) is 3.79. The second-order valence-corrected chi connectivity index (χ2v) is 7.93. The van der Waals surface area contributed by atoms with Crippen molar-refractivity contribution in [1.29, 1.82) is 0 Å². The van der Waals surface area contributed by atoms with Crippen LogP contribution in [-0.4, -0.2) is 7.05 Å². The lowest BCUT2D eigenvalue weighted by molar-refractivity contribution is 0.593. The van der Waals surface area contributed by atoms with Gasteiger partial charge in [-0.1, -0.05) is 15.9 Å². The molecule has 0 aliphatic heterocycles. The molecular formula is C13H12Br2INS. The molecule has 1 atom stereocenters. The Balaban J connectivity index is 2.25. The van der Waals surface area contributed by atoms with Crippen molar-refractivity contribution >= 4 is 65.8 Å². The summed E-state index contributed by atoms with van der Waals surface area (Å²) in [6.07, 6.45) is 1.01. The molecular weight excluding hydrogens is 489 g/mol. The number of halogens is 3. The minimum absolute atomic E-state index is 0.347. The van der Waals surface area contributed by atoms with Crippen molar-refractivity contribution in [3.63, 3.8) is 0 Å². The molecule has 2 aromatic rings. The van der Waals surface area contributed by atoms with Crippen molar-refractivity contribution in [2.45, 2.75) is 12.5 Å². The highest BCUT2D eigenvalue weighted by Crippen LogP contribution is 2.29. The topological polar surface area (TPSA) is 12.0 Å². The van der Waals surface area contributed by atoms with Crippen molar-refractivity contribution in [2.24, 2.45) is 0 Å². The number of rotatable bonds is 4. The highest BCUT2D eigenvalue weighted by atomic mass is 127. The minimum atomic E-state index is 0.347. The first kappa shape index (κ1) is 15.0. The fraction of sp³-hybridized carbons (Fsp3) is 0.231. The van der Waals surface area contributed by atoms with E-state index in [1.54, 1.807) is 11.3 Å². The van der Waals surface area contributed by atoms with E-state index in [4.69, 9.17) is 0 Å². The lowest BCUT2D eigenvalue weighted by Crippen LogP contribution is -2.19. The Hall–Kier alpha value is 0.570. The van der Waals surface area contributed by atoms with E-state index >= 15 is 0 Å². The second kappa shape index (κ2) is 6.83. The van der Waals surface area contributed by atoms with Gasteiger partial charge in [-0.05, 0) is 75.4 Å². The van der Waals surface area contributed by atoms with Gasteiger partial charge in [0.15, 0.2) is 0 Å². The first-order valence-electron chi connectivity index (χ1n) is 5.45. The summed E-state index contributed by atoms with van der Waals surface area (Å²) < 4.78 is 3.59. The van der Waals surface area contributed by atoms with Crippen LogP contribution in [-0.2, 0) is 6.42 Å². The van der Waals surface area contributed by atoms with E-state index < -0.39 is 0 Å². The fourth-order valence-electron chi connectivity index (χ4n) is 1.81. The molecule has 1 aromatic carbocycles. The Morgan fingerprint density at radius 2 is 2.06 bits per heavy atom. The van der Waals surface area contributed by atoms with Crippen LogP contribution in [0.1, 0.15) is 16.5 Å². The van der Waals surface area contributed by atoms with Crippen molar-refractivity contribution in [3.05, 3.63) is 52.6 Å². The van der Waals surface area contributed by atoms with Crippen LogP contribution in [0.25, 0.3) is 0 Å². The second-order valence-electron chi connectivity index (χ2n) is 3.94. The molecule has 0 spiro atoms. The summed E-state index contributed by atoms with van der Waals surface area (Å²) in [4.78, 5) is 1.39. The minimum Gasteiger partial charge on any atom is -0.313 e. The standard InChI is InChI=1S/C13H12Br2INS/c1-17-13(6-10-4-9(15)7-18-10)11-5-8(14)2-3-12(11)16/h2-5,7,13,17H,6H2,1H3. The van der Waals surface area contributed by atoms with Crippen LogP contribution in [0.3, 0.4) is 0 Å². The zero-order valence-electron chi connectivity index (χ0n) is 9.71. The molecule has 96 valence electrons. The summed E-state index contributed by atoms with van der Waals surface area (Å²) in [6.45, 7) is 0. The molecule has 18 heavy (non-hydrogen) atoms. The molecule has 0 amide bonds. The summed E-state index contributed by atoms with van der Waals surface area (Å²) in [5, 5.41) is 5.54. The first-order chi connectivity index (χ1) is 8.60. The molecule has 0 saturated carbocycles. The van der Waals surface area contributed by atoms with E-state index in [2.05, 4.69) is 89.4 Å². The zero-order chi connectivity index (χ0) is 13.1. The van der Waals surface area contributed by atoms with Gasteiger partial charge >= 0.3 is 0 Å². The summed E-state index contributed by atoms with van der Waals surface area (Å²) in [5.41, 5.74) is 1.34. The lowest BCUT2D eigenvalue weighted by atomic mass is 10.0.